The van der Waals surface area contributed by atoms with Crippen molar-refractivity contribution in [2.75, 3.05) is 40.4 Å². The maximum absolute atomic E-state index is 5.46. The molecular formula is C8H18N2O2. The smallest absolute Gasteiger partial charge is 0.0971 e. The van der Waals surface area contributed by atoms with Gasteiger partial charge in [-0.1, -0.05) is 0 Å². The van der Waals surface area contributed by atoms with Gasteiger partial charge in [-0.2, -0.15) is 0 Å². The minimum atomic E-state index is 0.210. The number of ether oxygens (including phenoxy) is 2. The summed E-state index contributed by atoms with van der Waals surface area (Å²) in [4.78, 5) is 2.27. The third-order valence-corrected chi connectivity index (χ3v) is 2.34. The van der Waals surface area contributed by atoms with Crippen molar-refractivity contribution in [2.24, 2.45) is 5.73 Å². The minimum Gasteiger partial charge on any atom is -0.377 e. The Labute approximate surface area is 73.6 Å². The van der Waals surface area contributed by atoms with Gasteiger partial charge in [0.2, 0.25) is 0 Å². The van der Waals surface area contributed by atoms with Crippen LogP contribution >= 0.6 is 0 Å². The van der Waals surface area contributed by atoms with Crippen molar-refractivity contribution in [3.63, 3.8) is 0 Å². The zero-order chi connectivity index (χ0) is 8.97. The van der Waals surface area contributed by atoms with E-state index in [2.05, 4.69) is 4.90 Å². The van der Waals surface area contributed by atoms with Gasteiger partial charge in [0.25, 0.3) is 0 Å². The molecular weight excluding hydrogens is 156 g/mol. The number of hydrogen-bond acceptors (Lipinski definition) is 4. The highest BCUT2D eigenvalue weighted by Crippen LogP contribution is 2.14. The molecule has 0 saturated carbocycles. The summed E-state index contributed by atoms with van der Waals surface area (Å²) in [6.07, 6.45) is 0.420. The molecule has 2 atom stereocenters. The SMILES string of the molecule is CO[C@H]1CN(CCN)C[C@H]1OC. The predicted molar refractivity (Wildman–Crippen MR) is 47.1 cm³/mol. The molecule has 1 heterocycles. The van der Waals surface area contributed by atoms with Gasteiger partial charge < -0.3 is 15.2 Å². The standard InChI is InChI=1S/C8H18N2O2/c1-11-7-5-10(4-3-9)6-8(7)12-2/h7-8H,3-6,9H2,1-2H3/t7-,8+. The average Bonchev–Trinajstić information content (AvgIpc) is 2.48. The normalized spacial score (nSPS) is 31.2. The van der Waals surface area contributed by atoms with Gasteiger partial charge in [0.05, 0.1) is 12.2 Å². The van der Waals surface area contributed by atoms with Gasteiger partial charge in [0.15, 0.2) is 0 Å². The van der Waals surface area contributed by atoms with E-state index in [4.69, 9.17) is 15.2 Å². The van der Waals surface area contributed by atoms with Crippen molar-refractivity contribution in [3.8, 4) is 0 Å². The highest BCUT2D eigenvalue weighted by atomic mass is 16.5. The lowest BCUT2D eigenvalue weighted by Gasteiger charge is -2.13. The van der Waals surface area contributed by atoms with Crippen LogP contribution in [0.25, 0.3) is 0 Å². The summed E-state index contributed by atoms with van der Waals surface area (Å²) < 4.78 is 10.6. The molecule has 0 aromatic carbocycles. The van der Waals surface area contributed by atoms with Crippen molar-refractivity contribution in [2.45, 2.75) is 12.2 Å². The second kappa shape index (κ2) is 4.77. The van der Waals surface area contributed by atoms with Crippen LogP contribution in [0, 0.1) is 0 Å². The largest absolute Gasteiger partial charge is 0.377 e. The monoisotopic (exact) mass is 174 g/mol. The van der Waals surface area contributed by atoms with Crippen molar-refractivity contribution >= 4 is 0 Å². The van der Waals surface area contributed by atoms with Crippen molar-refractivity contribution in [1.82, 2.24) is 4.90 Å². The van der Waals surface area contributed by atoms with Gasteiger partial charge in [-0.25, -0.2) is 0 Å². The fraction of sp³-hybridized carbons (Fsp3) is 1.00. The Kier molecular flexibility index (Phi) is 3.94. The molecule has 1 rings (SSSR count). The molecule has 4 heteroatoms. The van der Waals surface area contributed by atoms with E-state index in [0.29, 0.717) is 6.54 Å². The number of likely N-dealkylation sites (tertiary alicyclic amines) is 1. The van der Waals surface area contributed by atoms with Crippen LogP contribution in [-0.4, -0.2) is 57.5 Å². The minimum absolute atomic E-state index is 0.210. The van der Waals surface area contributed by atoms with E-state index in [9.17, 15) is 0 Å². The zero-order valence-corrected chi connectivity index (χ0v) is 7.82. The second-order valence-corrected chi connectivity index (χ2v) is 3.10. The molecule has 0 unspecified atom stereocenters. The van der Waals surface area contributed by atoms with E-state index in [1.165, 1.54) is 0 Å². The molecule has 12 heavy (non-hydrogen) atoms. The summed E-state index contributed by atoms with van der Waals surface area (Å²) in [6, 6.07) is 0. The van der Waals surface area contributed by atoms with Crippen LogP contribution in [0.1, 0.15) is 0 Å². The first-order chi connectivity index (χ1) is 5.81. The van der Waals surface area contributed by atoms with Crippen LogP contribution in [0.3, 0.4) is 0 Å². The van der Waals surface area contributed by atoms with E-state index in [0.717, 1.165) is 19.6 Å². The predicted octanol–water partition coefficient (Wildman–Crippen LogP) is -0.709. The van der Waals surface area contributed by atoms with Crippen LogP contribution in [0.2, 0.25) is 0 Å². The van der Waals surface area contributed by atoms with Crippen LogP contribution in [0.5, 0.6) is 0 Å². The summed E-state index contributed by atoms with van der Waals surface area (Å²) in [5.74, 6) is 0. The fourth-order valence-corrected chi connectivity index (χ4v) is 1.64. The molecule has 0 bridgehead atoms. The van der Waals surface area contributed by atoms with E-state index in [-0.39, 0.29) is 12.2 Å². The molecule has 72 valence electrons. The average molecular weight is 174 g/mol. The van der Waals surface area contributed by atoms with Crippen LogP contribution < -0.4 is 5.73 Å². The number of rotatable bonds is 4. The molecule has 1 aliphatic rings. The number of nitrogens with two attached hydrogens (primary N) is 1. The molecule has 0 amide bonds. The van der Waals surface area contributed by atoms with Gasteiger partial charge >= 0.3 is 0 Å². The number of methoxy groups -OCH3 is 2. The van der Waals surface area contributed by atoms with Gasteiger partial charge in [0.1, 0.15) is 0 Å². The van der Waals surface area contributed by atoms with Gasteiger partial charge in [-0.3, -0.25) is 4.90 Å². The zero-order valence-electron chi connectivity index (χ0n) is 7.82. The van der Waals surface area contributed by atoms with E-state index < -0.39 is 0 Å². The molecule has 0 aromatic heterocycles. The Morgan fingerprint density at radius 1 is 1.25 bits per heavy atom. The van der Waals surface area contributed by atoms with Crippen LogP contribution in [-0.2, 0) is 9.47 Å². The van der Waals surface area contributed by atoms with E-state index >= 15 is 0 Å². The molecule has 1 saturated heterocycles. The third kappa shape index (κ3) is 2.17. The number of hydrogen-bond donors (Lipinski definition) is 1. The Hall–Kier alpha value is -0.160. The molecule has 2 N–H and O–H groups in total. The summed E-state index contributed by atoms with van der Waals surface area (Å²) in [6.45, 7) is 3.50. The van der Waals surface area contributed by atoms with Crippen LogP contribution in [0.15, 0.2) is 0 Å². The maximum atomic E-state index is 5.46. The van der Waals surface area contributed by atoms with Crippen molar-refractivity contribution in [1.29, 1.82) is 0 Å². The molecule has 1 aliphatic heterocycles. The maximum Gasteiger partial charge on any atom is 0.0971 e. The number of nitrogens with zero attached hydrogens (tertiary/aromatic N) is 1. The first-order valence-corrected chi connectivity index (χ1v) is 4.29. The second-order valence-electron chi connectivity index (χ2n) is 3.10. The quantitative estimate of drug-likeness (QED) is 0.611. The molecule has 0 aromatic rings. The van der Waals surface area contributed by atoms with E-state index in [1.807, 2.05) is 0 Å². The third-order valence-electron chi connectivity index (χ3n) is 2.34. The highest BCUT2D eigenvalue weighted by Gasteiger charge is 2.31. The van der Waals surface area contributed by atoms with Gasteiger partial charge in [-0.15, -0.1) is 0 Å². The van der Waals surface area contributed by atoms with Crippen molar-refractivity contribution < 1.29 is 9.47 Å². The first kappa shape index (κ1) is 9.92. The molecule has 0 spiro atoms. The Morgan fingerprint density at radius 2 is 1.75 bits per heavy atom. The Morgan fingerprint density at radius 3 is 2.08 bits per heavy atom. The summed E-state index contributed by atoms with van der Waals surface area (Å²) in [5, 5.41) is 0. The Bertz CT molecular complexity index is 120. The topological polar surface area (TPSA) is 47.7 Å². The van der Waals surface area contributed by atoms with Gasteiger partial charge in [-0.05, 0) is 0 Å². The highest BCUT2D eigenvalue weighted by molar-refractivity contribution is 4.85. The summed E-state index contributed by atoms with van der Waals surface area (Å²) in [7, 11) is 3.45. The molecule has 4 nitrogen and oxygen atoms in total. The lowest BCUT2D eigenvalue weighted by Crippen LogP contribution is -2.28. The molecule has 1 fully saturated rings. The first-order valence-electron chi connectivity index (χ1n) is 4.29. The lowest BCUT2D eigenvalue weighted by molar-refractivity contribution is -0.00461. The molecule has 0 radical (unpaired) electrons. The fourth-order valence-electron chi connectivity index (χ4n) is 1.64. The van der Waals surface area contributed by atoms with Gasteiger partial charge in [0, 0.05) is 40.4 Å². The Balaban J connectivity index is 2.36. The molecule has 0 aliphatic carbocycles. The lowest BCUT2D eigenvalue weighted by atomic mass is 10.3. The summed E-state index contributed by atoms with van der Waals surface area (Å²) in [5.41, 5.74) is 5.46. The van der Waals surface area contributed by atoms with Crippen LogP contribution in [0.4, 0.5) is 0 Å². The van der Waals surface area contributed by atoms with E-state index in [1.54, 1.807) is 14.2 Å². The summed E-state index contributed by atoms with van der Waals surface area (Å²) >= 11 is 0. The van der Waals surface area contributed by atoms with Crippen molar-refractivity contribution in [3.05, 3.63) is 0 Å².